The van der Waals surface area contributed by atoms with Gasteiger partial charge in [0.25, 0.3) is 0 Å². The van der Waals surface area contributed by atoms with E-state index in [4.69, 9.17) is 5.73 Å². The zero-order valence-corrected chi connectivity index (χ0v) is 12.6. The molecule has 3 heterocycles. The molecular weight excluding hydrogens is 328 g/mol. The van der Waals surface area contributed by atoms with Crippen molar-refractivity contribution in [2.24, 2.45) is 0 Å². The second kappa shape index (κ2) is 5.30. The third-order valence-corrected chi connectivity index (χ3v) is 4.19. The van der Waals surface area contributed by atoms with Gasteiger partial charge < -0.3 is 15.5 Å². The Morgan fingerprint density at radius 1 is 1.16 bits per heavy atom. The SMILES string of the molecule is Nc1cc(Br)nc(N2CCN(c3nccs3)CC2)n1. The van der Waals surface area contributed by atoms with Crippen molar-refractivity contribution in [3.05, 3.63) is 22.2 Å². The van der Waals surface area contributed by atoms with Crippen LogP contribution in [0.15, 0.2) is 22.2 Å². The van der Waals surface area contributed by atoms with Crippen molar-refractivity contribution in [2.45, 2.75) is 0 Å². The lowest BCUT2D eigenvalue weighted by Crippen LogP contribution is -2.47. The summed E-state index contributed by atoms with van der Waals surface area (Å²) in [5.41, 5.74) is 5.74. The Labute approximate surface area is 123 Å². The number of aromatic nitrogens is 3. The number of nitrogen functional groups attached to an aromatic ring is 1. The zero-order valence-electron chi connectivity index (χ0n) is 10.2. The number of hydrogen-bond donors (Lipinski definition) is 1. The number of halogens is 1. The van der Waals surface area contributed by atoms with Gasteiger partial charge in [-0.1, -0.05) is 0 Å². The average molecular weight is 341 g/mol. The molecule has 8 heteroatoms. The third-order valence-electron chi connectivity index (χ3n) is 2.96. The summed E-state index contributed by atoms with van der Waals surface area (Å²) in [6.07, 6.45) is 1.84. The Bertz CT molecular complexity index is 532. The number of thiazole rings is 1. The quantitative estimate of drug-likeness (QED) is 0.837. The Morgan fingerprint density at radius 3 is 2.53 bits per heavy atom. The first-order valence-electron chi connectivity index (χ1n) is 5.92. The van der Waals surface area contributed by atoms with Crippen molar-refractivity contribution in [3.63, 3.8) is 0 Å². The second-order valence-corrected chi connectivity index (χ2v) is 5.89. The largest absolute Gasteiger partial charge is 0.383 e. The van der Waals surface area contributed by atoms with Gasteiger partial charge in [-0.25, -0.2) is 9.97 Å². The molecule has 6 nitrogen and oxygen atoms in total. The molecule has 2 aromatic rings. The number of anilines is 3. The van der Waals surface area contributed by atoms with Gasteiger partial charge in [0.2, 0.25) is 5.95 Å². The fourth-order valence-electron chi connectivity index (χ4n) is 2.03. The lowest BCUT2D eigenvalue weighted by atomic mass is 10.3. The molecule has 1 aliphatic rings. The number of nitrogens with zero attached hydrogens (tertiary/aromatic N) is 5. The molecule has 1 aliphatic heterocycles. The first-order valence-corrected chi connectivity index (χ1v) is 7.59. The van der Waals surface area contributed by atoms with Crippen LogP contribution in [0.2, 0.25) is 0 Å². The molecule has 0 bridgehead atoms. The predicted molar refractivity (Wildman–Crippen MR) is 80.7 cm³/mol. The number of piperazine rings is 1. The van der Waals surface area contributed by atoms with Gasteiger partial charge in [0, 0.05) is 43.8 Å². The lowest BCUT2D eigenvalue weighted by molar-refractivity contribution is 0.638. The highest BCUT2D eigenvalue weighted by atomic mass is 79.9. The summed E-state index contributed by atoms with van der Waals surface area (Å²) < 4.78 is 0.720. The summed E-state index contributed by atoms with van der Waals surface area (Å²) in [5.74, 6) is 1.17. The molecule has 1 fully saturated rings. The summed E-state index contributed by atoms with van der Waals surface area (Å²) >= 11 is 5.02. The second-order valence-electron chi connectivity index (χ2n) is 4.20. The normalized spacial score (nSPS) is 15.8. The topological polar surface area (TPSA) is 71.2 Å². The van der Waals surface area contributed by atoms with E-state index < -0.39 is 0 Å². The van der Waals surface area contributed by atoms with Crippen molar-refractivity contribution in [1.29, 1.82) is 0 Å². The maximum Gasteiger partial charge on any atom is 0.228 e. The molecule has 2 aromatic heterocycles. The summed E-state index contributed by atoms with van der Waals surface area (Å²) in [5, 5.41) is 3.08. The molecule has 0 aliphatic carbocycles. The molecule has 2 N–H and O–H groups in total. The van der Waals surface area contributed by atoms with E-state index in [-0.39, 0.29) is 0 Å². The van der Waals surface area contributed by atoms with E-state index in [9.17, 15) is 0 Å². The summed E-state index contributed by atoms with van der Waals surface area (Å²) in [4.78, 5) is 17.4. The number of nitrogens with two attached hydrogens (primary N) is 1. The monoisotopic (exact) mass is 340 g/mol. The van der Waals surface area contributed by atoms with Gasteiger partial charge in [0.15, 0.2) is 5.13 Å². The van der Waals surface area contributed by atoms with Crippen molar-refractivity contribution in [1.82, 2.24) is 15.0 Å². The predicted octanol–water partition coefficient (Wildman–Crippen LogP) is 1.60. The first kappa shape index (κ1) is 12.6. The smallest absolute Gasteiger partial charge is 0.228 e. The number of hydrogen-bond acceptors (Lipinski definition) is 7. The van der Waals surface area contributed by atoms with Crippen LogP contribution in [0.4, 0.5) is 16.9 Å². The van der Waals surface area contributed by atoms with Gasteiger partial charge >= 0.3 is 0 Å². The molecule has 0 atom stereocenters. The fourth-order valence-corrected chi connectivity index (χ4v) is 3.12. The van der Waals surface area contributed by atoms with E-state index in [0.717, 1.165) is 35.9 Å². The van der Waals surface area contributed by atoms with Crippen LogP contribution in [0.1, 0.15) is 0 Å². The fraction of sp³-hybridized carbons (Fsp3) is 0.364. The van der Waals surface area contributed by atoms with Gasteiger partial charge in [-0.2, -0.15) is 4.98 Å². The molecule has 19 heavy (non-hydrogen) atoms. The van der Waals surface area contributed by atoms with Gasteiger partial charge in [0.05, 0.1) is 0 Å². The van der Waals surface area contributed by atoms with Crippen molar-refractivity contribution < 1.29 is 0 Å². The maximum absolute atomic E-state index is 5.74. The lowest BCUT2D eigenvalue weighted by Gasteiger charge is -2.34. The van der Waals surface area contributed by atoms with Crippen LogP contribution in [-0.2, 0) is 0 Å². The highest BCUT2D eigenvalue weighted by molar-refractivity contribution is 9.10. The Morgan fingerprint density at radius 2 is 1.89 bits per heavy atom. The van der Waals surface area contributed by atoms with E-state index in [2.05, 4.69) is 40.7 Å². The van der Waals surface area contributed by atoms with Gasteiger partial charge in [-0.3, -0.25) is 0 Å². The van der Waals surface area contributed by atoms with Crippen LogP contribution in [0.3, 0.4) is 0 Å². The van der Waals surface area contributed by atoms with Crippen LogP contribution in [0, 0.1) is 0 Å². The van der Waals surface area contributed by atoms with E-state index in [1.165, 1.54) is 0 Å². The highest BCUT2D eigenvalue weighted by Crippen LogP contribution is 2.21. The van der Waals surface area contributed by atoms with Crippen molar-refractivity contribution in [3.8, 4) is 0 Å². The van der Waals surface area contributed by atoms with E-state index in [1.54, 1.807) is 17.4 Å². The van der Waals surface area contributed by atoms with Crippen LogP contribution >= 0.6 is 27.3 Å². The standard InChI is InChI=1S/C11H13BrN6S/c12-8-7-9(13)16-10(15-8)17-2-4-18(5-3-17)11-14-1-6-19-11/h1,6-7H,2-5H2,(H2,13,15,16). The van der Waals surface area contributed by atoms with Crippen molar-refractivity contribution >= 4 is 44.2 Å². The van der Waals surface area contributed by atoms with Crippen LogP contribution in [-0.4, -0.2) is 41.1 Å². The molecule has 100 valence electrons. The maximum atomic E-state index is 5.74. The van der Waals surface area contributed by atoms with E-state index in [1.807, 2.05) is 11.6 Å². The molecule has 3 rings (SSSR count). The molecule has 0 spiro atoms. The molecule has 0 saturated carbocycles. The highest BCUT2D eigenvalue weighted by Gasteiger charge is 2.20. The summed E-state index contributed by atoms with van der Waals surface area (Å²) in [6.45, 7) is 3.58. The van der Waals surface area contributed by atoms with E-state index in [0.29, 0.717) is 11.8 Å². The number of rotatable bonds is 2. The molecular formula is C11H13BrN6S. The Balaban J connectivity index is 1.70. The molecule has 0 aromatic carbocycles. The van der Waals surface area contributed by atoms with Gasteiger partial charge in [-0.15, -0.1) is 11.3 Å². The Kier molecular flexibility index (Phi) is 3.52. The minimum Gasteiger partial charge on any atom is -0.383 e. The molecule has 1 saturated heterocycles. The average Bonchev–Trinajstić information content (AvgIpc) is 2.91. The molecule has 0 amide bonds. The molecule has 0 unspecified atom stereocenters. The minimum atomic E-state index is 0.485. The third kappa shape index (κ3) is 2.79. The van der Waals surface area contributed by atoms with Crippen LogP contribution in [0.5, 0.6) is 0 Å². The van der Waals surface area contributed by atoms with Gasteiger partial charge in [0.1, 0.15) is 10.4 Å². The summed E-state index contributed by atoms with van der Waals surface area (Å²) in [6, 6.07) is 1.70. The van der Waals surface area contributed by atoms with E-state index >= 15 is 0 Å². The van der Waals surface area contributed by atoms with Gasteiger partial charge in [-0.05, 0) is 15.9 Å². The minimum absolute atomic E-state index is 0.485. The first-order chi connectivity index (χ1) is 9.22. The zero-order chi connectivity index (χ0) is 13.2. The Hall–Kier alpha value is -1.41. The molecule has 0 radical (unpaired) electrons. The van der Waals surface area contributed by atoms with Crippen LogP contribution < -0.4 is 15.5 Å². The van der Waals surface area contributed by atoms with Crippen LogP contribution in [0.25, 0.3) is 0 Å². The summed E-state index contributed by atoms with van der Waals surface area (Å²) in [7, 11) is 0. The van der Waals surface area contributed by atoms with Crippen molar-refractivity contribution in [2.75, 3.05) is 41.7 Å².